The van der Waals surface area contributed by atoms with Crippen LogP contribution in [0.5, 0.6) is 5.75 Å². The molecular weight excluding hydrogens is 548 g/mol. The van der Waals surface area contributed by atoms with Crippen LogP contribution in [0, 0.1) is 11.3 Å². The number of alkyl halides is 1. The normalized spacial score (nSPS) is 26.8. The molecule has 3 aromatic rings. The second kappa shape index (κ2) is 11.1. The number of nitrogens with two attached hydrogens (primary N) is 1. The highest BCUT2D eigenvalue weighted by Gasteiger charge is 2.68. The van der Waals surface area contributed by atoms with Gasteiger partial charge in [0.05, 0.1) is 24.3 Å². The van der Waals surface area contributed by atoms with Gasteiger partial charge in [-0.25, -0.2) is 18.9 Å². The number of aromatic nitrogens is 4. The van der Waals surface area contributed by atoms with Gasteiger partial charge in [-0.15, -0.1) is 0 Å². The van der Waals surface area contributed by atoms with Crippen LogP contribution in [0.3, 0.4) is 0 Å². The summed E-state index contributed by atoms with van der Waals surface area (Å²) in [7, 11) is -4.38. The third kappa shape index (κ3) is 5.36. The fourth-order valence-corrected chi connectivity index (χ4v) is 5.61. The third-order valence-corrected chi connectivity index (χ3v) is 7.82. The second-order valence-electron chi connectivity index (χ2n) is 9.52. The average Bonchev–Trinajstić information content (AvgIpc) is 3.41. The molecule has 0 bridgehead atoms. The first kappa shape index (κ1) is 29.3. The van der Waals surface area contributed by atoms with Crippen molar-refractivity contribution in [2.24, 2.45) is 0 Å². The minimum Gasteiger partial charge on any atom is -0.462 e. The number of halogens is 1. The molecule has 0 amide bonds. The number of hydrogen-bond donors (Lipinski definition) is 3. The number of nitrogens with zero attached hydrogens (tertiary/aromatic N) is 5. The molecule has 4 rings (SSSR count). The fourth-order valence-electron chi connectivity index (χ4n) is 4.11. The topological polar surface area (TPSA) is 197 Å². The number of nitrogen functional groups attached to an aromatic ring is 1. The molecule has 0 aliphatic carbocycles. The number of carbonyl (C=O) groups is 1. The largest absolute Gasteiger partial charge is 0.462 e. The van der Waals surface area contributed by atoms with Crippen LogP contribution >= 0.6 is 7.75 Å². The minimum atomic E-state index is -4.38. The number of nitriles is 1. The molecule has 0 saturated carbocycles. The Labute approximate surface area is 228 Å². The van der Waals surface area contributed by atoms with Gasteiger partial charge in [-0.2, -0.15) is 20.1 Å². The Balaban J connectivity index is 1.61. The molecule has 16 heteroatoms. The Kier molecular flexibility index (Phi) is 8.11. The van der Waals surface area contributed by atoms with Crippen LogP contribution in [0.15, 0.2) is 42.9 Å². The van der Waals surface area contributed by atoms with Crippen LogP contribution in [0.2, 0.25) is 0 Å². The maximum absolute atomic E-state index is 16.2. The summed E-state index contributed by atoms with van der Waals surface area (Å²) in [6.45, 7) is 4.94. The van der Waals surface area contributed by atoms with Gasteiger partial charge in [0.15, 0.2) is 11.3 Å². The van der Waals surface area contributed by atoms with Gasteiger partial charge in [0.1, 0.15) is 42.2 Å². The van der Waals surface area contributed by atoms with Crippen molar-refractivity contribution in [3.8, 4) is 11.8 Å². The quantitative estimate of drug-likeness (QED) is 0.234. The van der Waals surface area contributed by atoms with Crippen molar-refractivity contribution >= 4 is 30.6 Å². The van der Waals surface area contributed by atoms with Crippen molar-refractivity contribution < 1.29 is 37.4 Å². The van der Waals surface area contributed by atoms with Crippen LogP contribution in [0.25, 0.3) is 11.0 Å². The van der Waals surface area contributed by atoms with Crippen molar-refractivity contribution in [2.45, 2.75) is 63.4 Å². The van der Waals surface area contributed by atoms with Crippen molar-refractivity contribution in [3.63, 3.8) is 0 Å². The Morgan fingerprint density at radius 3 is 2.70 bits per heavy atom. The molecule has 1 fully saturated rings. The van der Waals surface area contributed by atoms with E-state index >= 15 is 4.39 Å². The van der Waals surface area contributed by atoms with E-state index in [1.807, 2.05) is 0 Å². The molecule has 2 aromatic heterocycles. The van der Waals surface area contributed by atoms with Gasteiger partial charge >= 0.3 is 13.7 Å². The standard InChI is InChI=1S/C24H29FN7O7P/c1-14(2)37-22(34)15(3)31-40(35,39-16-8-6-5-7-9-16)36-11-18-19(33)23(4,25)24(12-26,38-18)32-21-17(10-30-32)20(27)28-13-29-21/h5-10,13-15,18-19,33H,11H2,1-4H3,(H,31,35)(H2,27,28,29)/t15?,18-,19-,23-,24-,40?/m1/s1. The van der Waals surface area contributed by atoms with Gasteiger partial charge < -0.3 is 24.8 Å². The number of fused-ring (bicyclic) bond motifs is 1. The zero-order valence-electron chi connectivity index (χ0n) is 22.1. The number of hydrogen-bond acceptors (Lipinski definition) is 12. The second-order valence-corrected chi connectivity index (χ2v) is 11.2. The molecule has 1 saturated heterocycles. The predicted molar refractivity (Wildman–Crippen MR) is 138 cm³/mol. The summed E-state index contributed by atoms with van der Waals surface area (Å²) in [5.41, 5.74) is 0.553. The summed E-state index contributed by atoms with van der Waals surface area (Å²) < 4.78 is 52.9. The first-order valence-electron chi connectivity index (χ1n) is 12.2. The number of carbonyl (C=O) groups excluding carboxylic acids is 1. The number of aliphatic hydroxyl groups is 1. The molecule has 0 spiro atoms. The lowest BCUT2D eigenvalue weighted by molar-refractivity contribution is -0.149. The number of benzene rings is 1. The molecule has 214 valence electrons. The Bertz CT molecular complexity index is 1460. The van der Waals surface area contributed by atoms with Gasteiger partial charge in [0.2, 0.25) is 0 Å². The lowest BCUT2D eigenvalue weighted by Gasteiger charge is -2.31. The van der Waals surface area contributed by atoms with Gasteiger partial charge in [0.25, 0.3) is 5.72 Å². The van der Waals surface area contributed by atoms with E-state index < -0.39 is 56.1 Å². The molecule has 14 nitrogen and oxygen atoms in total. The number of anilines is 1. The van der Waals surface area contributed by atoms with Gasteiger partial charge in [0, 0.05) is 0 Å². The molecular formula is C24H29FN7O7P. The van der Waals surface area contributed by atoms with E-state index in [0.717, 1.165) is 17.9 Å². The molecule has 0 radical (unpaired) electrons. The summed E-state index contributed by atoms with van der Waals surface area (Å²) in [4.78, 5) is 20.3. The number of para-hydroxylation sites is 1. The SMILES string of the molecule is CC(C)OC(=O)C(C)NP(=O)(OC[C@H]1O[C@@](C#N)(n2ncc3c(N)ncnc32)[C@](C)(F)[C@@H]1O)Oc1ccccc1. The lowest BCUT2D eigenvalue weighted by Crippen LogP contribution is -2.52. The summed E-state index contributed by atoms with van der Waals surface area (Å²) >= 11 is 0. The van der Waals surface area contributed by atoms with Gasteiger partial charge in [-0.3, -0.25) is 9.32 Å². The van der Waals surface area contributed by atoms with E-state index in [4.69, 9.17) is 24.3 Å². The lowest BCUT2D eigenvalue weighted by atomic mass is 9.90. The molecule has 4 N–H and O–H groups in total. The number of rotatable bonds is 10. The molecule has 2 unspecified atom stereocenters. The maximum Gasteiger partial charge on any atom is 0.459 e. The van der Waals surface area contributed by atoms with Crippen LogP contribution in [0.4, 0.5) is 10.2 Å². The van der Waals surface area contributed by atoms with Crippen LogP contribution in [-0.4, -0.2) is 67.5 Å². The fraction of sp³-hybridized carbons (Fsp3) is 0.458. The predicted octanol–water partition coefficient (Wildman–Crippen LogP) is 2.21. The number of nitrogens with one attached hydrogen (secondary N) is 1. The van der Waals surface area contributed by atoms with Gasteiger partial charge in [-0.1, -0.05) is 18.2 Å². The van der Waals surface area contributed by atoms with E-state index in [9.17, 15) is 19.7 Å². The van der Waals surface area contributed by atoms with Crippen molar-refractivity contribution in [2.75, 3.05) is 12.3 Å². The Morgan fingerprint density at radius 1 is 1.35 bits per heavy atom. The highest BCUT2D eigenvalue weighted by atomic mass is 31.2. The van der Waals surface area contributed by atoms with E-state index in [1.165, 1.54) is 25.3 Å². The van der Waals surface area contributed by atoms with E-state index in [2.05, 4.69) is 20.2 Å². The molecule has 40 heavy (non-hydrogen) atoms. The monoisotopic (exact) mass is 577 g/mol. The number of aliphatic hydroxyl groups excluding tert-OH is 1. The van der Waals surface area contributed by atoms with Crippen molar-refractivity contribution in [1.82, 2.24) is 24.8 Å². The van der Waals surface area contributed by atoms with Crippen LogP contribution in [-0.2, 0) is 29.1 Å². The summed E-state index contributed by atoms with van der Waals surface area (Å²) in [6.07, 6.45) is -1.59. The van der Waals surface area contributed by atoms with Crippen molar-refractivity contribution in [1.29, 1.82) is 5.26 Å². The highest BCUT2D eigenvalue weighted by Crippen LogP contribution is 2.50. The Hall–Kier alpha value is -3.67. The third-order valence-electron chi connectivity index (χ3n) is 6.17. The molecule has 1 aliphatic heterocycles. The maximum atomic E-state index is 16.2. The molecule has 3 heterocycles. The van der Waals surface area contributed by atoms with E-state index in [0.29, 0.717) is 0 Å². The molecule has 1 aromatic carbocycles. The molecule has 1 aliphatic rings. The zero-order chi connectivity index (χ0) is 29.3. The summed E-state index contributed by atoms with van der Waals surface area (Å²) in [5, 5.41) is 27.8. The zero-order valence-corrected chi connectivity index (χ0v) is 23.0. The smallest absolute Gasteiger partial charge is 0.459 e. The number of esters is 1. The molecule has 6 atom stereocenters. The minimum absolute atomic E-state index is 0.0102. The first-order valence-corrected chi connectivity index (χ1v) is 13.8. The highest BCUT2D eigenvalue weighted by molar-refractivity contribution is 7.52. The number of ether oxygens (including phenoxy) is 2. The average molecular weight is 578 g/mol. The first-order chi connectivity index (χ1) is 18.8. The van der Waals surface area contributed by atoms with Crippen molar-refractivity contribution in [3.05, 3.63) is 42.9 Å². The summed E-state index contributed by atoms with van der Waals surface area (Å²) in [6, 6.07) is 8.58. The van der Waals surface area contributed by atoms with Gasteiger partial charge in [-0.05, 0) is 39.8 Å². The van der Waals surface area contributed by atoms with Crippen LogP contribution in [0.1, 0.15) is 27.7 Å². The Morgan fingerprint density at radius 2 is 2.05 bits per heavy atom. The van der Waals surface area contributed by atoms with E-state index in [1.54, 1.807) is 38.1 Å². The summed E-state index contributed by atoms with van der Waals surface area (Å²) in [5.74, 6) is -0.546. The van der Waals surface area contributed by atoms with Crippen LogP contribution < -0.4 is 15.3 Å². The van der Waals surface area contributed by atoms with E-state index in [-0.39, 0.29) is 22.6 Å².